The van der Waals surface area contributed by atoms with Crippen molar-refractivity contribution >= 4 is 5.91 Å². The number of rotatable bonds is 1. The molecule has 0 aliphatic carbocycles. The highest BCUT2D eigenvalue weighted by atomic mass is 16.2. The van der Waals surface area contributed by atoms with E-state index in [-0.39, 0.29) is 11.6 Å². The van der Waals surface area contributed by atoms with Crippen molar-refractivity contribution in [1.29, 1.82) is 0 Å². The first kappa shape index (κ1) is 11.8. The van der Waals surface area contributed by atoms with Crippen molar-refractivity contribution in [3.63, 3.8) is 0 Å². The summed E-state index contributed by atoms with van der Waals surface area (Å²) in [7, 11) is 3.46. The van der Waals surface area contributed by atoms with Crippen LogP contribution >= 0.6 is 0 Å². The number of amides is 1. The summed E-state index contributed by atoms with van der Waals surface area (Å²) in [6.07, 6.45) is 1.84. The van der Waals surface area contributed by atoms with Crippen LogP contribution in [-0.4, -0.2) is 36.3 Å². The number of hydrogen-bond donors (Lipinski definition) is 0. The van der Waals surface area contributed by atoms with Gasteiger partial charge >= 0.3 is 5.69 Å². The molecule has 0 saturated carbocycles. The minimum absolute atomic E-state index is 0.0307. The molecular formula is C12H15N5O2. The van der Waals surface area contributed by atoms with Crippen molar-refractivity contribution in [2.75, 3.05) is 6.54 Å². The fraction of sp³-hybridized carbons (Fsp3) is 0.417. The summed E-state index contributed by atoms with van der Waals surface area (Å²) in [5.74, 6) is 0.609. The summed E-state index contributed by atoms with van der Waals surface area (Å²) in [5, 5.41) is 4.15. The van der Waals surface area contributed by atoms with Crippen molar-refractivity contribution in [3.8, 4) is 0 Å². The molecule has 2 aromatic rings. The van der Waals surface area contributed by atoms with Crippen molar-refractivity contribution in [3.05, 3.63) is 40.3 Å². The largest absolute Gasteiger partial charge is 0.347 e. The van der Waals surface area contributed by atoms with E-state index in [1.54, 1.807) is 27.1 Å². The predicted molar refractivity (Wildman–Crippen MR) is 67.6 cm³/mol. The second kappa shape index (κ2) is 4.11. The summed E-state index contributed by atoms with van der Waals surface area (Å²) in [4.78, 5) is 25.8. The Morgan fingerprint density at radius 3 is 2.79 bits per heavy atom. The highest BCUT2D eigenvalue weighted by Gasteiger charge is 2.25. The second-order valence-electron chi connectivity index (χ2n) is 4.71. The van der Waals surface area contributed by atoms with Crippen LogP contribution in [0.1, 0.15) is 16.3 Å². The van der Waals surface area contributed by atoms with Crippen LogP contribution in [0.25, 0.3) is 0 Å². The third-order valence-corrected chi connectivity index (χ3v) is 3.46. The summed E-state index contributed by atoms with van der Waals surface area (Å²) >= 11 is 0. The van der Waals surface area contributed by atoms with Crippen LogP contribution in [0.15, 0.2) is 23.1 Å². The van der Waals surface area contributed by atoms with Gasteiger partial charge in [0.05, 0.1) is 6.54 Å². The number of aryl methyl sites for hydroxylation is 2. The third-order valence-electron chi connectivity index (χ3n) is 3.46. The molecule has 0 bridgehead atoms. The Labute approximate surface area is 109 Å². The zero-order valence-electron chi connectivity index (χ0n) is 10.9. The first-order valence-electron chi connectivity index (χ1n) is 6.11. The smallest absolute Gasteiger partial charge is 0.345 e. The zero-order valence-corrected chi connectivity index (χ0v) is 10.9. The average molecular weight is 261 g/mol. The third kappa shape index (κ3) is 1.78. The SMILES string of the molecule is Cn1cccc1C(=O)N1CCn2c(nn(C)c2=O)C1. The van der Waals surface area contributed by atoms with E-state index in [9.17, 15) is 9.59 Å². The van der Waals surface area contributed by atoms with Crippen LogP contribution in [0.4, 0.5) is 0 Å². The lowest BCUT2D eigenvalue weighted by Crippen LogP contribution is -2.41. The molecule has 100 valence electrons. The number of aromatic nitrogens is 4. The molecule has 3 heterocycles. The van der Waals surface area contributed by atoms with Crippen LogP contribution in [0, 0.1) is 0 Å². The Kier molecular flexibility index (Phi) is 2.55. The molecule has 1 amide bonds. The number of carbonyl (C=O) groups is 1. The lowest BCUT2D eigenvalue weighted by atomic mass is 10.3. The van der Waals surface area contributed by atoms with Gasteiger partial charge in [0, 0.05) is 33.4 Å². The molecule has 3 rings (SSSR count). The molecular weight excluding hydrogens is 246 g/mol. The molecule has 0 spiro atoms. The summed E-state index contributed by atoms with van der Waals surface area (Å²) < 4.78 is 4.73. The van der Waals surface area contributed by atoms with E-state index in [0.717, 1.165) is 0 Å². The van der Waals surface area contributed by atoms with Gasteiger partial charge < -0.3 is 9.47 Å². The molecule has 0 aromatic carbocycles. The van der Waals surface area contributed by atoms with E-state index < -0.39 is 0 Å². The van der Waals surface area contributed by atoms with Crippen LogP contribution in [0.5, 0.6) is 0 Å². The van der Waals surface area contributed by atoms with Crippen molar-refractivity contribution in [2.24, 2.45) is 14.1 Å². The molecule has 19 heavy (non-hydrogen) atoms. The lowest BCUT2D eigenvalue weighted by molar-refractivity contribution is 0.0696. The van der Waals surface area contributed by atoms with Crippen LogP contribution in [0.2, 0.25) is 0 Å². The van der Waals surface area contributed by atoms with Gasteiger partial charge in [0.25, 0.3) is 5.91 Å². The van der Waals surface area contributed by atoms with Crippen LogP contribution in [-0.2, 0) is 27.2 Å². The number of carbonyl (C=O) groups excluding carboxylic acids is 1. The van der Waals surface area contributed by atoms with E-state index in [1.165, 1.54) is 4.68 Å². The molecule has 1 aliphatic heterocycles. The van der Waals surface area contributed by atoms with Crippen molar-refractivity contribution in [2.45, 2.75) is 13.1 Å². The van der Waals surface area contributed by atoms with Gasteiger partial charge in [-0.3, -0.25) is 9.36 Å². The maximum absolute atomic E-state index is 12.4. The van der Waals surface area contributed by atoms with E-state index >= 15 is 0 Å². The fourth-order valence-corrected chi connectivity index (χ4v) is 2.39. The van der Waals surface area contributed by atoms with Gasteiger partial charge in [0.1, 0.15) is 5.69 Å². The Morgan fingerprint density at radius 1 is 1.32 bits per heavy atom. The zero-order chi connectivity index (χ0) is 13.6. The Bertz CT molecular complexity index is 693. The summed E-state index contributed by atoms with van der Waals surface area (Å²) in [6, 6.07) is 3.64. The van der Waals surface area contributed by atoms with Gasteiger partial charge in [-0.05, 0) is 12.1 Å². The van der Waals surface area contributed by atoms with E-state index in [0.29, 0.717) is 31.2 Å². The van der Waals surface area contributed by atoms with Gasteiger partial charge in [-0.25, -0.2) is 9.48 Å². The minimum Gasteiger partial charge on any atom is -0.347 e. The maximum Gasteiger partial charge on any atom is 0.345 e. The van der Waals surface area contributed by atoms with Gasteiger partial charge in [0.15, 0.2) is 5.82 Å². The summed E-state index contributed by atoms with van der Waals surface area (Å²) in [6.45, 7) is 1.40. The first-order chi connectivity index (χ1) is 9.08. The molecule has 2 aromatic heterocycles. The van der Waals surface area contributed by atoms with Crippen molar-refractivity contribution < 1.29 is 4.79 Å². The normalized spacial score (nSPS) is 14.5. The molecule has 0 fully saturated rings. The van der Waals surface area contributed by atoms with Gasteiger partial charge in [-0.15, -0.1) is 0 Å². The Hall–Kier alpha value is -2.31. The maximum atomic E-state index is 12.4. The average Bonchev–Trinajstić information content (AvgIpc) is 2.93. The second-order valence-corrected chi connectivity index (χ2v) is 4.71. The fourth-order valence-electron chi connectivity index (χ4n) is 2.39. The van der Waals surface area contributed by atoms with E-state index in [2.05, 4.69) is 5.10 Å². The quantitative estimate of drug-likeness (QED) is 0.700. The molecule has 7 heteroatoms. The van der Waals surface area contributed by atoms with Crippen molar-refractivity contribution in [1.82, 2.24) is 23.8 Å². The topological polar surface area (TPSA) is 65.1 Å². The highest BCUT2D eigenvalue weighted by Crippen LogP contribution is 2.12. The van der Waals surface area contributed by atoms with E-state index in [1.807, 2.05) is 19.3 Å². The van der Waals surface area contributed by atoms with E-state index in [4.69, 9.17) is 0 Å². The lowest BCUT2D eigenvalue weighted by Gasteiger charge is -2.26. The van der Waals surface area contributed by atoms with Gasteiger partial charge in [0.2, 0.25) is 0 Å². The number of hydrogen-bond acceptors (Lipinski definition) is 3. The minimum atomic E-state index is -0.124. The molecule has 1 aliphatic rings. The number of nitrogens with zero attached hydrogens (tertiary/aromatic N) is 5. The molecule has 0 unspecified atom stereocenters. The molecule has 0 saturated heterocycles. The van der Waals surface area contributed by atoms with Gasteiger partial charge in [-0.1, -0.05) is 0 Å². The van der Waals surface area contributed by atoms with Crippen LogP contribution < -0.4 is 5.69 Å². The van der Waals surface area contributed by atoms with Gasteiger partial charge in [-0.2, -0.15) is 5.10 Å². The molecule has 0 radical (unpaired) electrons. The molecule has 0 atom stereocenters. The number of fused-ring (bicyclic) bond motifs is 1. The highest BCUT2D eigenvalue weighted by molar-refractivity contribution is 5.92. The van der Waals surface area contributed by atoms with Crippen LogP contribution in [0.3, 0.4) is 0 Å². The Morgan fingerprint density at radius 2 is 2.11 bits per heavy atom. The predicted octanol–water partition coefficient (Wildman–Crippen LogP) is -0.424. The summed E-state index contributed by atoms with van der Waals surface area (Å²) in [5.41, 5.74) is 0.521. The molecule has 0 N–H and O–H groups in total. The Balaban J connectivity index is 1.88. The standard InChI is InChI=1S/C12H15N5O2/c1-14-5-3-4-9(14)11(18)16-6-7-17-10(8-16)13-15(2)12(17)19/h3-5H,6-8H2,1-2H3. The first-order valence-corrected chi connectivity index (χ1v) is 6.11. The monoisotopic (exact) mass is 261 g/mol. The molecule has 7 nitrogen and oxygen atoms in total.